The van der Waals surface area contributed by atoms with Crippen LogP contribution in [0.5, 0.6) is 5.75 Å². The van der Waals surface area contributed by atoms with Crippen LogP contribution in [0, 0.1) is 0 Å². The van der Waals surface area contributed by atoms with Gasteiger partial charge in [0.1, 0.15) is 5.75 Å². The van der Waals surface area contributed by atoms with Gasteiger partial charge in [0, 0.05) is 4.90 Å². The molecule has 0 spiro atoms. The van der Waals surface area contributed by atoms with E-state index in [0.717, 1.165) is 23.3 Å². The van der Waals surface area contributed by atoms with Crippen LogP contribution in [0.1, 0.15) is 18.4 Å². The minimum atomic E-state index is -0.644. The van der Waals surface area contributed by atoms with Gasteiger partial charge in [0.05, 0.1) is 5.60 Å². The van der Waals surface area contributed by atoms with Crippen LogP contribution < -0.4 is 0 Å². The number of hydrogen-bond acceptors (Lipinski definition) is 3. The summed E-state index contributed by atoms with van der Waals surface area (Å²) in [5, 5.41) is 19.3. The monoisotopic (exact) mass is 196 g/mol. The zero-order valence-corrected chi connectivity index (χ0v) is 8.27. The highest BCUT2D eigenvalue weighted by Gasteiger charge is 2.42. The number of phenols is 1. The molecule has 1 aliphatic rings. The lowest BCUT2D eigenvalue weighted by atomic mass is 10.1. The molecule has 0 heterocycles. The second kappa shape index (κ2) is 2.93. The van der Waals surface area contributed by atoms with E-state index in [0.29, 0.717) is 0 Å². The third kappa shape index (κ3) is 1.54. The van der Waals surface area contributed by atoms with Crippen LogP contribution in [-0.4, -0.2) is 16.5 Å². The van der Waals surface area contributed by atoms with Crippen LogP contribution in [0.15, 0.2) is 23.1 Å². The zero-order valence-electron chi connectivity index (χ0n) is 7.45. The van der Waals surface area contributed by atoms with Crippen molar-refractivity contribution in [3.8, 4) is 5.75 Å². The first kappa shape index (κ1) is 8.91. The second-order valence-electron chi connectivity index (χ2n) is 3.42. The summed E-state index contributed by atoms with van der Waals surface area (Å²) in [5.74, 6) is 0.269. The van der Waals surface area contributed by atoms with Crippen molar-refractivity contribution in [1.29, 1.82) is 0 Å². The number of hydrogen-bond donors (Lipinski definition) is 2. The molecule has 1 saturated carbocycles. The minimum Gasteiger partial charge on any atom is -0.507 e. The third-order valence-corrected chi connectivity index (χ3v) is 3.22. The van der Waals surface area contributed by atoms with Gasteiger partial charge in [-0.3, -0.25) is 0 Å². The lowest BCUT2D eigenvalue weighted by Crippen LogP contribution is -2.03. The molecule has 1 aromatic carbocycles. The van der Waals surface area contributed by atoms with Crippen molar-refractivity contribution in [2.45, 2.75) is 23.3 Å². The van der Waals surface area contributed by atoms with Gasteiger partial charge in [0.15, 0.2) is 0 Å². The molecule has 2 N–H and O–H groups in total. The molecule has 0 bridgehead atoms. The maximum absolute atomic E-state index is 9.77. The Morgan fingerprint density at radius 2 is 2.08 bits per heavy atom. The molecule has 1 aromatic rings. The van der Waals surface area contributed by atoms with E-state index in [2.05, 4.69) is 0 Å². The number of aliphatic hydroxyl groups is 1. The van der Waals surface area contributed by atoms with Gasteiger partial charge in [0.2, 0.25) is 0 Å². The minimum absolute atomic E-state index is 0.269. The quantitative estimate of drug-likeness (QED) is 0.712. The van der Waals surface area contributed by atoms with E-state index >= 15 is 0 Å². The van der Waals surface area contributed by atoms with Crippen molar-refractivity contribution in [3.05, 3.63) is 23.8 Å². The largest absolute Gasteiger partial charge is 0.507 e. The van der Waals surface area contributed by atoms with Gasteiger partial charge in [-0.25, -0.2) is 0 Å². The molecular formula is C10H12O2S. The molecular weight excluding hydrogens is 184 g/mol. The molecule has 3 heteroatoms. The van der Waals surface area contributed by atoms with Gasteiger partial charge >= 0.3 is 0 Å². The van der Waals surface area contributed by atoms with E-state index in [1.807, 2.05) is 18.4 Å². The highest BCUT2D eigenvalue weighted by atomic mass is 32.2. The standard InChI is InChI=1S/C10H12O2S/c1-13-9-3-2-7(6-8(9)11)10(12)4-5-10/h2-3,6,11-12H,4-5H2,1H3. The topological polar surface area (TPSA) is 40.5 Å². The summed E-state index contributed by atoms with van der Waals surface area (Å²) in [6.07, 6.45) is 3.54. The molecule has 2 nitrogen and oxygen atoms in total. The summed E-state index contributed by atoms with van der Waals surface area (Å²) in [6.45, 7) is 0. The Balaban J connectivity index is 2.36. The van der Waals surface area contributed by atoms with E-state index < -0.39 is 5.60 Å². The van der Waals surface area contributed by atoms with Crippen LogP contribution >= 0.6 is 11.8 Å². The van der Waals surface area contributed by atoms with Crippen molar-refractivity contribution in [2.24, 2.45) is 0 Å². The van der Waals surface area contributed by atoms with Crippen molar-refractivity contribution in [1.82, 2.24) is 0 Å². The maximum atomic E-state index is 9.77. The fraction of sp³-hybridized carbons (Fsp3) is 0.400. The average Bonchev–Trinajstić information content (AvgIpc) is 2.85. The Kier molecular flexibility index (Phi) is 2.00. The van der Waals surface area contributed by atoms with Gasteiger partial charge in [-0.2, -0.15) is 0 Å². The molecule has 70 valence electrons. The van der Waals surface area contributed by atoms with E-state index in [-0.39, 0.29) is 5.75 Å². The van der Waals surface area contributed by atoms with Crippen LogP contribution in [0.3, 0.4) is 0 Å². The van der Waals surface area contributed by atoms with Gasteiger partial charge in [-0.05, 0) is 36.8 Å². The molecule has 1 aliphatic carbocycles. The average molecular weight is 196 g/mol. The smallest absolute Gasteiger partial charge is 0.129 e. The highest BCUT2D eigenvalue weighted by Crippen LogP contribution is 2.46. The van der Waals surface area contributed by atoms with Crippen molar-refractivity contribution in [2.75, 3.05) is 6.26 Å². The lowest BCUT2D eigenvalue weighted by molar-refractivity contribution is 0.151. The Labute approximate surface area is 81.6 Å². The van der Waals surface area contributed by atoms with Gasteiger partial charge in [0.25, 0.3) is 0 Å². The summed E-state index contributed by atoms with van der Waals surface area (Å²) in [7, 11) is 0. The van der Waals surface area contributed by atoms with E-state index in [4.69, 9.17) is 0 Å². The van der Waals surface area contributed by atoms with Crippen LogP contribution in [0.25, 0.3) is 0 Å². The Morgan fingerprint density at radius 1 is 1.38 bits per heavy atom. The fourth-order valence-corrected chi connectivity index (χ4v) is 1.86. The third-order valence-electron chi connectivity index (χ3n) is 2.44. The van der Waals surface area contributed by atoms with E-state index in [9.17, 15) is 10.2 Å². The fourth-order valence-electron chi connectivity index (χ4n) is 1.39. The molecule has 0 saturated heterocycles. The molecule has 0 aliphatic heterocycles. The number of rotatable bonds is 2. The molecule has 0 unspecified atom stereocenters. The Morgan fingerprint density at radius 3 is 2.54 bits per heavy atom. The second-order valence-corrected chi connectivity index (χ2v) is 4.27. The highest BCUT2D eigenvalue weighted by molar-refractivity contribution is 7.98. The number of thioether (sulfide) groups is 1. The number of aromatic hydroxyl groups is 1. The van der Waals surface area contributed by atoms with Crippen LogP contribution in [-0.2, 0) is 5.60 Å². The Bertz CT molecular complexity index is 332. The molecule has 0 atom stereocenters. The summed E-state index contributed by atoms with van der Waals surface area (Å²) in [4.78, 5) is 0.855. The van der Waals surface area contributed by atoms with Crippen molar-refractivity contribution < 1.29 is 10.2 Å². The number of benzene rings is 1. The molecule has 2 rings (SSSR count). The van der Waals surface area contributed by atoms with Gasteiger partial charge in [-0.15, -0.1) is 11.8 Å². The lowest BCUT2D eigenvalue weighted by Gasteiger charge is -2.09. The molecule has 0 radical (unpaired) electrons. The number of phenolic OH excluding ortho intramolecular Hbond substituents is 1. The van der Waals surface area contributed by atoms with Crippen molar-refractivity contribution in [3.63, 3.8) is 0 Å². The van der Waals surface area contributed by atoms with E-state index in [1.54, 1.807) is 6.07 Å². The molecule has 0 aromatic heterocycles. The first-order chi connectivity index (χ1) is 6.15. The predicted octanol–water partition coefficient (Wildman–Crippen LogP) is 2.10. The van der Waals surface area contributed by atoms with Crippen LogP contribution in [0.2, 0.25) is 0 Å². The SMILES string of the molecule is CSc1ccc(C2(O)CC2)cc1O. The Hall–Kier alpha value is -0.670. The van der Waals surface area contributed by atoms with Gasteiger partial charge < -0.3 is 10.2 Å². The normalized spacial score (nSPS) is 18.6. The molecule has 0 amide bonds. The molecule has 13 heavy (non-hydrogen) atoms. The first-order valence-electron chi connectivity index (χ1n) is 4.25. The summed E-state index contributed by atoms with van der Waals surface area (Å²) < 4.78 is 0. The van der Waals surface area contributed by atoms with E-state index in [1.165, 1.54) is 11.8 Å². The molecule has 1 fully saturated rings. The predicted molar refractivity (Wildman–Crippen MR) is 53.0 cm³/mol. The van der Waals surface area contributed by atoms with Gasteiger partial charge in [-0.1, -0.05) is 6.07 Å². The summed E-state index contributed by atoms with van der Waals surface area (Å²) in [6, 6.07) is 5.41. The van der Waals surface area contributed by atoms with Crippen molar-refractivity contribution >= 4 is 11.8 Å². The first-order valence-corrected chi connectivity index (χ1v) is 5.48. The summed E-state index contributed by atoms with van der Waals surface area (Å²) >= 11 is 1.50. The maximum Gasteiger partial charge on any atom is 0.129 e. The van der Waals surface area contributed by atoms with Crippen LogP contribution in [0.4, 0.5) is 0 Å². The zero-order chi connectivity index (χ0) is 9.47. The summed E-state index contributed by atoms with van der Waals surface area (Å²) in [5.41, 5.74) is 0.191.